The van der Waals surface area contributed by atoms with Gasteiger partial charge in [-0.2, -0.15) is 5.10 Å². The van der Waals surface area contributed by atoms with Crippen LogP contribution in [0.15, 0.2) is 12.4 Å². The third-order valence-electron chi connectivity index (χ3n) is 4.00. The van der Waals surface area contributed by atoms with E-state index in [1.807, 2.05) is 39.0 Å². The van der Waals surface area contributed by atoms with Crippen molar-refractivity contribution in [2.75, 3.05) is 31.6 Å². The summed E-state index contributed by atoms with van der Waals surface area (Å²) in [6.07, 6.45) is 4.36. The van der Waals surface area contributed by atoms with Gasteiger partial charge in [0.1, 0.15) is 0 Å². The second-order valence-electron chi connectivity index (χ2n) is 6.09. The minimum Gasteiger partial charge on any atom is -0.355 e. The number of amides is 2. The number of nitrogens with zero attached hydrogens (tertiary/aromatic N) is 4. The molecule has 0 aromatic carbocycles. The van der Waals surface area contributed by atoms with Gasteiger partial charge >= 0.3 is 0 Å². The molecule has 1 aliphatic rings. The Labute approximate surface area is 131 Å². The summed E-state index contributed by atoms with van der Waals surface area (Å²) < 4.78 is 1.70. The van der Waals surface area contributed by atoms with E-state index in [2.05, 4.69) is 10.4 Å². The van der Waals surface area contributed by atoms with Crippen molar-refractivity contribution in [2.24, 2.45) is 13.0 Å². The van der Waals surface area contributed by atoms with Crippen molar-refractivity contribution < 1.29 is 9.59 Å². The van der Waals surface area contributed by atoms with Gasteiger partial charge in [-0.05, 0) is 13.5 Å². The zero-order valence-electron chi connectivity index (χ0n) is 13.7. The zero-order valence-corrected chi connectivity index (χ0v) is 13.7. The molecule has 2 rings (SSSR count). The summed E-state index contributed by atoms with van der Waals surface area (Å²) >= 11 is 0. The second-order valence-corrected chi connectivity index (χ2v) is 6.09. The highest BCUT2D eigenvalue weighted by Gasteiger charge is 2.35. The number of carbonyl (C=O) groups is 2. The van der Waals surface area contributed by atoms with Gasteiger partial charge in [0, 0.05) is 38.8 Å². The molecular weight excluding hydrogens is 282 g/mol. The number of rotatable bonds is 6. The number of carbonyl (C=O) groups excluding carboxylic acids is 2. The van der Waals surface area contributed by atoms with Crippen LogP contribution in [0.3, 0.4) is 0 Å². The van der Waals surface area contributed by atoms with E-state index in [0.717, 1.165) is 12.1 Å². The van der Waals surface area contributed by atoms with Crippen LogP contribution >= 0.6 is 0 Å². The zero-order chi connectivity index (χ0) is 16.3. The summed E-state index contributed by atoms with van der Waals surface area (Å²) in [7, 11) is 3.77. The van der Waals surface area contributed by atoms with E-state index >= 15 is 0 Å². The van der Waals surface area contributed by atoms with Gasteiger partial charge in [0.05, 0.1) is 17.9 Å². The molecule has 1 unspecified atom stereocenters. The smallest absolute Gasteiger partial charge is 0.244 e. The van der Waals surface area contributed by atoms with Gasteiger partial charge in [-0.1, -0.05) is 13.8 Å². The van der Waals surface area contributed by atoms with Gasteiger partial charge in [-0.15, -0.1) is 0 Å². The first kappa shape index (κ1) is 16.5. The fourth-order valence-electron chi connectivity index (χ4n) is 2.59. The van der Waals surface area contributed by atoms with Crippen LogP contribution in [-0.2, 0) is 16.6 Å². The van der Waals surface area contributed by atoms with E-state index in [1.165, 1.54) is 0 Å². The first-order chi connectivity index (χ1) is 10.4. The van der Waals surface area contributed by atoms with Gasteiger partial charge in [0.15, 0.2) is 0 Å². The number of likely N-dealkylation sites (N-methyl/N-ethyl adjacent to an activating group) is 1. The lowest BCUT2D eigenvalue weighted by Gasteiger charge is -2.23. The molecule has 0 bridgehead atoms. The maximum atomic E-state index is 12.5. The van der Waals surface area contributed by atoms with Crippen molar-refractivity contribution in [1.29, 1.82) is 0 Å². The van der Waals surface area contributed by atoms with Crippen LogP contribution in [-0.4, -0.2) is 59.2 Å². The summed E-state index contributed by atoms with van der Waals surface area (Å²) in [4.78, 5) is 27.8. The number of aromatic nitrogens is 2. The standard InChI is InChI=1S/C15H25N5O2/c1-11(2)14(21)16-6-8-18(3)13-5-7-20(15(13)22)12-9-17-19(4)10-12/h9-11,13H,5-8H2,1-4H3,(H,16,21). The summed E-state index contributed by atoms with van der Waals surface area (Å²) in [5.74, 6) is 0.133. The van der Waals surface area contributed by atoms with Gasteiger partial charge in [-0.25, -0.2) is 0 Å². The molecule has 7 heteroatoms. The van der Waals surface area contributed by atoms with Crippen molar-refractivity contribution in [3.8, 4) is 0 Å². The molecule has 1 fully saturated rings. The molecule has 1 aromatic rings. The number of nitrogens with one attached hydrogen (secondary N) is 1. The minimum absolute atomic E-state index is 0.0144. The predicted molar refractivity (Wildman–Crippen MR) is 84.4 cm³/mol. The normalized spacial score (nSPS) is 18.5. The van der Waals surface area contributed by atoms with E-state index < -0.39 is 0 Å². The van der Waals surface area contributed by atoms with Crippen LogP contribution in [0.1, 0.15) is 20.3 Å². The van der Waals surface area contributed by atoms with E-state index in [-0.39, 0.29) is 23.8 Å². The Kier molecular flexibility index (Phi) is 5.18. The van der Waals surface area contributed by atoms with Crippen molar-refractivity contribution in [2.45, 2.75) is 26.3 Å². The van der Waals surface area contributed by atoms with Crippen LogP contribution < -0.4 is 10.2 Å². The van der Waals surface area contributed by atoms with Crippen LogP contribution in [0.2, 0.25) is 0 Å². The average Bonchev–Trinajstić information content (AvgIpc) is 3.04. The van der Waals surface area contributed by atoms with Crippen molar-refractivity contribution in [3.63, 3.8) is 0 Å². The molecule has 1 aromatic heterocycles. The third kappa shape index (κ3) is 3.65. The first-order valence-corrected chi connectivity index (χ1v) is 7.68. The average molecular weight is 307 g/mol. The maximum Gasteiger partial charge on any atom is 0.244 e. The quantitative estimate of drug-likeness (QED) is 0.817. The Morgan fingerprint density at radius 2 is 2.27 bits per heavy atom. The second kappa shape index (κ2) is 6.91. The summed E-state index contributed by atoms with van der Waals surface area (Å²) in [5.41, 5.74) is 0.844. The largest absolute Gasteiger partial charge is 0.355 e. The van der Waals surface area contributed by atoms with Crippen LogP contribution in [0.5, 0.6) is 0 Å². The molecule has 2 amide bonds. The third-order valence-corrected chi connectivity index (χ3v) is 4.00. The summed E-state index contributed by atoms with van der Waals surface area (Å²) in [6.45, 7) is 5.66. The lowest BCUT2D eigenvalue weighted by Crippen LogP contribution is -2.43. The Morgan fingerprint density at radius 3 is 2.86 bits per heavy atom. The fraction of sp³-hybridized carbons (Fsp3) is 0.667. The molecule has 0 aliphatic carbocycles. The topological polar surface area (TPSA) is 70.5 Å². The van der Waals surface area contributed by atoms with Gasteiger partial charge in [0.2, 0.25) is 11.8 Å². The maximum absolute atomic E-state index is 12.5. The highest BCUT2D eigenvalue weighted by Crippen LogP contribution is 2.23. The molecule has 1 atom stereocenters. The molecular formula is C15H25N5O2. The van der Waals surface area contributed by atoms with Gasteiger partial charge in [0.25, 0.3) is 0 Å². The molecule has 22 heavy (non-hydrogen) atoms. The van der Waals surface area contributed by atoms with Gasteiger partial charge < -0.3 is 10.2 Å². The lowest BCUT2D eigenvalue weighted by molar-refractivity contribution is -0.124. The summed E-state index contributed by atoms with van der Waals surface area (Å²) in [5, 5.41) is 6.99. The monoisotopic (exact) mass is 307 g/mol. The molecule has 1 aliphatic heterocycles. The molecule has 1 N–H and O–H groups in total. The number of hydrogen-bond acceptors (Lipinski definition) is 4. The van der Waals surface area contributed by atoms with Crippen LogP contribution in [0, 0.1) is 5.92 Å². The number of aryl methyl sites for hydroxylation is 1. The SMILES string of the molecule is CC(C)C(=O)NCCN(C)C1CCN(c2cnn(C)c2)C1=O. The molecule has 0 radical (unpaired) electrons. The Balaban J connectivity index is 1.85. The van der Waals surface area contributed by atoms with Crippen LogP contribution in [0.4, 0.5) is 5.69 Å². The summed E-state index contributed by atoms with van der Waals surface area (Å²) in [6, 6.07) is -0.129. The lowest BCUT2D eigenvalue weighted by atomic mass is 10.2. The highest BCUT2D eigenvalue weighted by atomic mass is 16.2. The number of anilines is 1. The Bertz CT molecular complexity index is 540. The molecule has 2 heterocycles. The van der Waals surface area contributed by atoms with Crippen LogP contribution in [0.25, 0.3) is 0 Å². The molecule has 0 saturated carbocycles. The minimum atomic E-state index is -0.129. The molecule has 122 valence electrons. The predicted octanol–water partition coefficient (Wildman–Crippen LogP) is 0.229. The Morgan fingerprint density at radius 1 is 1.55 bits per heavy atom. The van der Waals surface area contributed by atoms with Gasteiger partial charge in [-0.3, -0.25) is 19.2 Å². The van der Waals surface area contributed by atoms with Crippen molar-refractivity contribution in [1.82, 2.24) is 20.0 Å². The molecule has 0 spiro atoms. The van der Waals surface area contributed by atoms with Crippen molar-refractivity contribution >= 4 is 17.5 Å². The first-order valence-electron chi connectivity index (χ1n) is 7.68. The van der Waals surface area contributed by atoms with E-state index in [0.29, 0.717) is 19.6 Å². The molecule has 7 nitrogen and oxygen atoms in total. The Hall–Kier alpha value is -1.89. The van der Waals surface area contributed by atoms with E-state index in [9.17, 15) is 9.59 Å². The van der Waals surface area contributed by atoms with E-state index in [4.69, 9.17) is 0 Å². The fourth-order valence-corrected chi connectivity index (χ4v) is 2.59. The van der Waals surface area contributed by atoms with Crippen molar-refractivity contribution in [3.05, 3.63) is 12.4 Å². The highest BCUT2D eigenvalue weighted by molar-refractivity contribution is 5.99. The van der Waals surface area contributed by atoms with E-state index in [1.54, 1.807) is 15.8 Å². The number of hydrogen-bond donors (Lipinski definition) is 1. The molecule has 1 saturated heterocycles.